The van der Waals surface area contributed by atoms with Gasteiger partial charge >= 0.3 is 17.9 Å². The first-order valence-electron chi connectivity index (χ1n) is 29.9. The van der Waals surface area contributed by atoms with Gasteiger partial charge in [-0.1, -0.05) is 252 Å². The lowest BCUT2D eigenvalue weighted by molar-refractivity contribution is -0.166. The van der Waals surface area contributed by atoms with Crippen LogP contribution in [0.25, 0.3) is 0 Å². The lowest BCUT2D eigenvalue weighted by Gasteiger charge is -2.18. The quantitative estimate of drug-likeness (QED) is 0.0261. The average molecular weight is 1000 g/mol. The van der Waals surface area contributed by atoms with Gasteiger partial charge in [-0.2, -0.15) is 0 Å². The van der Waals surface area contributed by atoms with Crippen LogP contribution in [0.2, 0.25) is 0 Å². The van der Waals surface area contributed by atoms with Gasteiger partial charge in [0.05, 0.1) is 0 Å². The summed E-state index contributed by atoms with van der Waals surface area (Å²) in [5, 5.41) is 0. The van der Waals surface area contributed by atoms with E-state index in [2.05, 4.69) is 118 Å². The Morgan fingerprint density at radius 3 is 0.917 bits per heavy atom. The molecule has 6 nitrogen and oxygen atoms in total. The molecule has 0 bridgehead atoms. The Bertz CT molecular complexity index is 1470. The lowest BCUT2D eigenvalue weighted by Crippen LogP contribution is -2.30. The highest BCUT2D eigenvalue weighted by atomic mass is 16.6. The van der Waals surface area contributed by atoms with E-state index in [1.54, 1.807) is 0 Å². The maximum absolute atomic E-state index is 12.8. The molecule has 72 heavy (non-hydrogen) atoms. The highest BCUT2D eigenvalue weighted by molar-refractivity contribution is 5.71. The van der Waals surface area contributed by atoms with E-state index in [1.165, 1.54) is 122 Å². The van der Waals surface area contributed by atoms with Gasteiger partial charge in [0.2, 0.25) is 0 Å². The number of unbranched alkanes of at least 4 members (excludes halogenated alkanes) is 24. The van der Waals surface area contributed by atoms with Crippen LogP contribution in [0, 0.1) is 0 Å². The minimum Gasteiger partial charge on any atom is -0.462 e. The summed E-state index contributed by atoms with van der Waals surface area (Å²) in [5.41, 5.74) is 0. The first kappa shape index (κ1) is 68.1. The minimum absolute atomic E-state index is 0.108. The van der Waals surface area contributed by atoms with Gasteiger partial charge in [-0.05, 0) is 109 Å². The van der Waals surface area contributed by atoms with E-state index in [4.69, 9.17) is 14.2 Å². The molecule has 0 aliphatic carbocycles. The molecule has 6 heteroatoms. The van der Waals surface area contributed by atoms with E-state index < -0.39 is 12.1 Å². The monoisotopic (exact) mass is 999 g/mol. The van der Waals surface area contributed by atoms with Crippen LogP contribution >= 0.6 is 0 Å². The Kier molecular flexibility index (Phi) is 56.4. The fraction of sp³-hybridized carbons (Fsp3) is 0.682. The van der Waals surface area contributed by atoms with Crippen molar-refractivity contribution in [1.29, 1.82) is 0 Å². The fourth-order valence-electron chi connectivity index (χ4n) is 8.09. The van der Waals surface area contributed by atoms with Crippen LogP contribution in [0.5, 0.6) is 0 Å². The molecule has 0 aromatic carbocycles. The van der Waals surface area contributed by atoms with Gasteiger partial charge in [-0.25, -0.2) is 0 Å². The summed E-state index contributed by atoms with van der Waals surface area (Å²) in [6.45, 7) is 6.32. The second-order valence-electron chi connectivity index (χ2n) is 19.5. The van der Waals surface area contributed by atoms with E-state index >= 15 is 0 Å². The molecule has 0 rings (SSSR count). The van der Waals surface area contributed by atoms with Crippen LogP contribution in [0.1, 0.15) is 271 Å². The van der Waals surface area contributed by atoms with Crippen LogP contribution in [0.4, 0.5) is 0 Å². The summed E-state index contributed by atoms with van der Waals surface area (Å²) in [6.07, 6.45) is 81.2. The van der Waals surface area contributed by atoms with E-state index in [-0.39, 0.29) is 31.6 Å². The molecule has 0 saturated heterocycles. The Balaban J connectivity index is 4.22. The summed E-state index contributed by atoms with van der Waals surface area (Å²) in [6, 6.07) is 0. The highest BCUT2D eigenvalue weighted by Gasteiger charge is 2.19. The lowest BCUT2D eigenvalue weighted by atomic mass is 10.0. The van der Waals surface area contributed by atoms with E-state index in [1.807, 2.05) is 12.2 Å². The molecular weight excluding hydrogens is 889 g/mol. The van der Waals surface area contributed by atoms with Crippen molar-refractivity contribution in [2.75, 3.05) is 13.2 Å². The predicted octanol–water partition coefficient (Wildman–Crippen LogP) is 20.3. The number of carbonyl (C=O) groups is 3. The summed E-state index contributed by atoms with van der Waals surface area (Å²) >= 11 is 0. The molecule has 0 aliphatic heterocycles. The van der Waals surface area contributed by atoms with Crippen molar-refractivity contribution in [2.45, 2.75) is 277 Å². The van der Waals surface area contributed by atoms with Gasteiger partial charge in [0, 0.05) is 19.3 Å². The van der Waals surface area contributed by atoms with Crippen LogP contribution in [-0.2, 0) is 28.6 Å². The molecule has 0 heterocycles. The van der Waals surface area contributed by atoms with Crippen molar-refractivity contribution < 1.29 is 28.6 Å². The van der Waals surface area contributed by atoms with E-state index in [0.717, 1.165) is 103 Å². The number of allylic oxidation sites excluding steroid dienone is 18. The average Bonchev–Trinajstić information content (AvgIpc) is 3.38. The normalized spacial score (nSPS) is 12.9. The zero-order valence-electron chi connectivity index (χ0n) is 46.9. The van der Waals surface area contributed by atoms with Crippen molar-refractivity contribution in [3.8, 4) is 0 Å². The van der Waals surface area contributed by atoms with Crippen molar-refractivity contribution in [3.05, 3.63) is 109 Å². The van der Waals surface area contributed by atoms with Gasteiger partial charge in [0.25, 0.3) is 0 Å². The second-order valence-corrected chi connectivity index (χ2v) is 19.5. The molecule has 0 fully saturated rings. The molecule has 0 aromatic rings. The molecule has 0 aliphatic rings. The molecule has 0 amide bonds. The van der Waals surface area contributed by atoms with Crippen molar-refractivity contribution in [3.63, 3.8) is 0 Å². The summed E-state index contributed by atoms with van der Waals surface area (Å²) in [4.78, 5) is 38.1. The van der Waals surface area contributed by atoms with Crippen LogP contribution in [-0.4, -0.2) is 37.2 Å². The molecule has 1 atom stereocenters. The molecule has 0 N–H and O–H groups in total. The van der Waals surface area contributed by atoms with Crippen LogP contribution < -0.4 is 0 Å². The number of carbonyl (C=O) groups excluding carboxylic acids is 3. The highest BCUT2D eigenvalue weighted by Crippen LogP contribution is 2.16. The summed E-state index contributed by atoms with van der Waals surface area (Å²) in [5.74, 6) is -0.998. The SMILES string of the molecule is CC/C=C\C/C=C\C/C=C\C/C=C\CCCCCCCCCCCCCCCCCCC(=O)OCC(COC(=O)CCCCCCC/C=C\CCCCC)OC(=O)CC/C=C\C/C=C\C/C=C\C/C=C\CC. The smallest absolute Gasteiger partial charge is 0.306 e. The standard InChI is InChI=1S/C66H110O6/c1-4-7-10-13-16-19-22-25-26-27-28-29-30-31-32-33-34-35-36-37-38-39-40-42-44-47-50-53-56-59-65(68)71-62-63(61-70-64(67)58-55-52-49-46-43-24-21-18-15-12-9-6-3)72-66(69)60-57-54-51-48-45-41-23-20-17-14-11-8-5-2/h7-8,10-11,16-21,25-26,28-29,41,45,51,54,63H,4-6,9,12-15,22-24,27,30-40,42-44,46-50,52-53,55-62H2,1-3H3/b10-7-,11-8-,19-16-,20-17-,21-18-,26-25-,29-28-,45-41-,54-51-. The topological polar surface area (TPSA) is 78.9 Å². The van der Waals surface area contributed by atoms with Crippen LogP contribution in [0.3, 0.4) is 0 Å². The number of ether oxygens (including phenoxy) is 3. The first-order chi connectivity index (χ1) is 35.5. The van der Waals surface area contributed by atoms with Crippen molar-refractivity contribution >= 4 is 17.9 Å². The number of hydrogen-bond acceptors (Lipinski definition) is 6. The largest absolute Gasteiger partial charge is 0.462 e. The summed E-state index contributed by atoms with van der Waals surface area (Å²) < 4.78 is 16.8. The maximum atomic E-state index is 12.8. The second kappa shape index (κ2) is 59.6. The molecule has 0 saturated carbocycles. The molecule has 0 aromatic heterocycles. The zero-order valence-corrected chi connectivity index (χ0v) is 46.9. The molecule has 1 unspecified atom stereocenters. The van der Waals surface area contributed by atoms with E-state index in [9.17, 15) is 14.4 Å². The minimum atomic E-state index is -0.819. The Hall–Kier alpha value is -3.93. The van der Waals surface area contributed by atoms with Gasteiger partial charge in [-0.3, -0.25) is 14.4 Å². The molecule has 410 valence electrons. The van der Waals surface area contributed by atoms with E-state index in [0.29, 0.717) is 19.3 Å². The summed E-state index contributed by atoms with van der Waals surface area (Å²) in [7, 11) is 0. The number of rotatable bonds is 53. The Morgan fingerprint density at radius 2 is 0.569 bits per heavy atom. The number of hydrogen-bond donors (Lipinski definition) is 0. The van der Waals surface area contributed by atoms with Gasteiger partial charge < -0.3 is 14.2 Å². The third-order valence-electron chi connectivity index (χ3n) is 12.5. The van der Waals surface area contributed by atoms with Gasteiger partial charge in [-0.15, -0.1) is 0 Å². The van der Waals surface area contributed by atoms with Gasteiger partial charge in [0.1, 0.15) is 13.2 Å². The van der Waals surface area contributed by atoms with Crippen molar-refractivity contribution in [1.82, 2.24) is 0 Å². The Morgan fingerprint density at radius 1 is 0.292 bits per heavy atom. The van der Waals surface area contributed by atoms with Crippen LogP contribution in [0.15, 0.2) is 109 Å². The van der Waals surface area contributed by atoms with Crippen molar-refractivity contribution in [2.24, 2.45) is 0 Å². The third kappa shape index (κ3) is 57.0. The predicted molar refractivity (Wildman–Crippen MR) is 311 cm³/mol. The zero-order chi connectivity index (χ0) is 52.2. The third-order valence-corrected chi connectivity index (χ3v) is 12.5. The van der Waals surface area contributed by atoms with Gasteiger partial charge in [0.15, 0.2) is 6.10 Å². The number of esters is 3. The fourth-order valence-corrected chi connectivity index (χ4v) is 8.09. The maximum Gasteiger partial charge on any atom is 0.306 e. The Labute approximate surface area is 444 Å². The first-order valence-corrected chi connectivity index (χ1v) is 29.9. The molecule has 0 radical (unpaired) electrons. The molecule has 0 spiro atoms. The molecular formula is C66H110O6.